The average molecular weight is 784 g/mol. The van der Waals surface area contributed by atoms with Gasteiger partial charge in [-0.25, -0.2) is 0 Å². The molecule has 0 saturated carbocycles. The quantitative estimate of drug-likeness (QED) is 0.0661. The number of aromatic nitrogens is 1. The van der Waals surface area contributed by atoms with E-state index in [1.54, 1.807) is 36.2 Å². The lowest BCUT2D eigenvalue weighted by Crippen LogP contribution is -2.57. The number of aliphatic hydroxyl groups is 3. The summed E-state index contributed by atoms with van der Waals surface area (Å²) < 4.78 is 5.57. The van der Waals surface area contributed by atoms with Crippen LogP contribution in [0.1, 0.15) is 76.6 Å². The molecule has 1 unspecified atom stereocenters. The molecule has 0 radical (unpaired) electrons. The number of ether oxygens (including phenoxy) is 1. The topological polar surface area (TPSA) is 173 Å². The second-order valence-corrected chi connectivity index (χ2v) is 14.9. The zero-order chi connectivity index (χ0) is 39.9. The normalized spacial score (nSPS) is 13.8. The lowest BCUT2D eigenvalue weighted by Gasteiger charge is -2.28. The van der Waals surface area contributed by atoms with Crippen LogP contribution in [0.5, 0.6) is 0 Å². The van der Waals surface area contributed by atoms with Crippen LogP contribution < -0.4 is 20.9 Å². The molecule has 12 nitrogen and oxygen atoms in total. The minimum absolute atomic E-state index is 0.0240. The van der Waals surface area contributed by atoms with Crippen molar-refractivity contribution in [2.45, 2.75) is 56.9 Å². The third-order valence-electron chi connectivity index (χ3n) is 9.97. The van der Waals surface area contributed by atoms with Crippen LogP contribution in [-0.4, -0.2) is 95.4 Å². The van der Waals surface area contributed by atoms with Crippen LogP contribution in [0.15, 0.2) is 85.1 Å². The fraction of sp³-hybridized carbons (Fsp3) is 0.395. The van der Waals surface area contributed by atoms with Gasteiger partial charge in [-0.2, -0.15) is 11.8 Å². The Labute approximate surface area is 333 Å². The molecule has 3 amide bonds. The van der Waals surface area contributed by atoms with Gasteiger partial charge in [0.15, 0.2) is 0 Å². The summed E-state index contributed by atoms with van der Waals surface area (Å²) in [7, 11) is 0. The number of nitrogens with one attached hydrogen (secondary N) is 3. The smallest absolute Gasteiger partial charge is 0.255 e. The van der Waals surface area contributed by atoms with Crippen LogP contribution in [0.2, 0.25) is 0 Å². The standard InChI is InChI=1S/C43H53N5O7S/c1-3-48(4-2)34-15-16-38(36(25-34)39-24-33(17-19-44-39)42(54)45-37-14-8-11-31-10-5-6-13-35(31)37)46-41(53)32-12-7-9-30(23-32)26-56-22-21-55-20-18-40(52)47-43(27-49,28-50)29-51/h5-7,9-10,12-13,15-17,19,23-25,37,49-51H,3-4,8,11,14,18,20-22,26-29H2,1-2H3,(H,45,54)(H,46,53)(H,47,52). The van der Waals surface area contributed by atoms with Crippen LogP contribution in [0, 0.1) is 0 Å². The van der Waals surface area contributed by atoms with Crippen molar-refractivity contribution in [3.8, 4) is 11.3 Å². The molecule has 3 aromatic carbocycles. The minimum Gasteiger partial charge on any atom is -0.394 e. The lowest BCUT2D eigenvalue weighted by molar-refractivity contribution is -0.126. The Morgan fingerprint density at radius 2 is 1.66 bits per heavy atom. The van der Waals surface area contributed by atoms with Gasteiger partial charge in [0.05, 0.1) is 50.5 Å². The van der Waals surface area contributed by atoms with Gasteiger partial charge in [0.25, 0.3) is 11.8 Å². The predicted octanol–water partition coefficient (Wildman–Crippen LogP) is 5.13. The highest BCUT2D eigenvalue weighted by atomic mass is 32.2. The molecule has 0 spiro atoms. The van der Waals surface area contributed by atoms with Crippen molar-refractivity contribution in [1.29, 1.82) is 0 Å². The Balaban J connectivity index is 1.22. The van der Waals surface area contributed by atoms with Gasteiger partial charge in [-0.05, 0) is 92.3 Å². The van der Waals surface area contributed by atoms with E-state index in [9.17, 15) is 29.7 Å². The van der Waals surface area contributed by atoms with Crippen molar-refractivity contribution in [3.05, 3.63) is 113 Å². The number of rotatable bonds is 20. The lowest BCUT2D eigenvalue weighted by atomic mass is 9.87. The number of aryl methyl sites for hydroxylation is 1. The van der Waals surface area contributed by atoms with Crippen LogP contribution in [0.4, 0.5) is 11.4 Å². The maximum Gasteiger partial charge on any atom is 0.255 e. The largest absolute Gasteiger partial charge is 0.394 e. The highest BCUT2D eigenvalue weighted by molar-refractivity contribution is 7.98. The average Bonchev–Trinajstić information content (AvgIpc) is 3.23. The molecule has 1 aliphatic carbocycles. The second-order valence-electron chi connectivity index (χ2n) is 13.8. The molecule has 6 N–H and O–H groups in total. The van der Waals surface area contributed by atoms with Crippen LogP contribution in [0.3, 0.4) is 0 Å². The molecule has 0 bridgehead atoms. The Kier molecular flexibility index (Phi) is 15.8. The van der Waals surface area contributed by atoms with Crippen LogP contribution in [-0.2, 0) is 21.7 Å². The summed E-state index contributed by atoms with van der Waals surface area (Å²) in [5.74, 6) is 0.425. The Morgan fingerprint density at radius 3 is 2.43 bits per heavy atom. The fourth-order valence-electron chi connectivity index (χ4n) is 6.70. The number of anilines is 2. The van der Waals surface area contributed by atoms with Crippen LogP contribution in [0.25, 0.3) is 11.3 Å². The van der Waals surface area contributed by atoms with E-state index >= 15 is 0 Å². The number of carbonyl (C=O) groups excluding carboxylic acids is 3. The van der Waals surface area contributed by atoms with Gasteiger partial charge in [0.1, 0.15) is 5.54 Å². The van der Waals surface area contributed by atoms with E-state index in [2.05, 4.69) is 51.8 Å². The number of carbonyl (C=O) groups is 3. The highest BCUT2D eigenvalue weighted by Crippen LogP contribution is 2.33. The summed E-state index contributed by atoms with van der Waals surface area (Å²) in [6, 6.07) is 25.1. The molecule has 1 aliphatic rings. The first kappa shape index (κ1) is 42.4. The van der Waals surface area contributed by atoms with E-state index in [-0.39, 0.29) is 30.9 Å². The van der Waals surface area contributed by atoms with E-state index < -0.39 is 31.3 Å². The number of benzene rings is 3. The van der Waals surface area contributed by atoms with Gasteiger partial charge in [0.2, 0.25) is 5.91 Å². The molecule has 0 saturated heterocycles. The SMILES string of the molecule is CCN(CC)c1ccc(NC(=O)c2cccc(CSCCOCCC(=O)NC(CO)(CO)CO)c2)c(-c2cc(C(=O)NC3CCCc4ccccc43)ccn2)c1. The van der Waals surface area contributed by atoms with Crippen molar-refractivity contribution < 1.29 is 34.4 Å². The summed E-state index contributed by atoms with van der Waals surface area (Å²) in [5, 5.41) is 36.9. The van der Waals surface area contributed by atoms with Crippen LogP contribution >= 0.6 is 11.8 Å². The van der Waals surface area contributed by atoms with Gasteiger partial charge < -0.3 is 40.9 Å². The number of thioether (sulfide) groups is 1. The Bertz CT molecular complexity index is 1930. The minimum atomic E-state index is -1.46. The third-order valence-corrected chi connectivity index (χ3v) is 11.0. The van der Waals surface area contributed by atoms with Crippen molar-refractivity contribution in [2.24, 2.45) is 0 Å². The summed E-state index contributed by atoms with van der Waals surface area (Å²) in [6.07, 6.45) is 4.57. The van der Waals surface area contributed by atoms with Crippen molar-refractivity contribution in [3.63, 3.8) is 0 Å². The molecular weight excluding hydrogens is 731 g/mol. The number of pyridine rings is 1. The number of nitrogens with zero attached hydrogens (tertiary/aromatic N) is 2. The molecule has 298 valence electrons. The van der Waals surface area contributed by atoms with E-state index in [0.717, 1.165) is 43.6 Å². The molecule has 0 fully saturated rings. The van der Waals surface area contributed by atoms with Gasteiger partial charge in [-0.3, -0.25) is 19.4 Å². The van der Waals surface area contributed by atoms with Gasteiger partial charge in [0, 0.05) is 59.6 Å². The maximum atomic E-state index is 13.7. The fourth-order valence-corrected chi connectivity index (χ4v) is 7.50. The van der Waals surface area contributed by atoms with Gasteiger partial charge >= 0.3 is 0 Å². The Hall–Kier alpha value is -4.79. The van der Waals surface area contributed by atoms with E-state index in [0.29, 0.717) is 46.2 Å². The summed E-state index contributed by atoms with van der Waals surface area (Å²) in [5.41, 5.74) is 5.80. The number of fused-ring (bicyclic) bond motifs is 1. The van der Waals surface area contributed by atoms with E-state index in [1.807, 2.05) is 48.5 Å². The van der Waals surface area contributed by atoms with E-state index in [4.69, 9.17) is 4.74 Å². The van der Waals surface area contributed by atoms with Crippen molar-refractivity contribution >= 4 is 40.9 Å². The molecule has 1 aromatic heterocycles. The van der Waals surface area contributed by atoms with Crippen molar-refractivity contribution in [1.82, 2.24) is 15.6 Å². The predicted molar refractivity (Wildman–Crippen MR) is 221 cm³/mol. The molecular formula is C43H53N5O7S. The highest BCUT2D eigenvalue weighted by Gasteiger charge is 2.29. The van der Waals surface area contributed by atoms with Gasteiger partial charge in [-0.15, -0.1) is 0 Å². The molecule has 1 atom stereocenters. The summed E-state index contributed by atoms with van der Waals surface area (Å²) in [4.78, 5) is 46.3. The zero-order valence-electron chi connectivity index (χ0n) is 32.1. The maximum absolute atomic E-state index is 13.7. The first-order valence-electron chi connectivity index (χ1n) is 19.2. The number of amides is 3. The first-order valence-corrected chi connectivity index (χ1v) is 20.3. The molecule has 13 heteroatoms. The van der Waals surface area contributed by atoms with E-state index in [1.165, 1.54) is 11.1 Å². The third kappa shape index (κ3) is 11.2. The number of hydrogen-bond acceptors (Lipinski definition) is 10. The molecule has 56 heavy (non-hydrogen) atoms. The first-order chi connectivity index (χ1) is 27.2. The van der Waals surface area contributed by atoms with Crippen molar-refractivity contribution in [2.75, 3.05) is 62.1 Å². The molecule has 4 aromatic rings. The number of hydrogen-bond donors (Lipinski definition) is 6. The summed E-state index contributed by atoms with van der Waals surface area (Å²) >= 11 is 1.63. The Morgan fingerprint density at radius 1 is 0.893 bits per heavy atom. The zero-order valence-corrected chi connectivity index (χ0v) is 32.9. The molecule has 5 rings (SSSR count). The number of aliphatic hydroxyl groups excluding tert-OH is 3. The molecule has 1 heterocycles. The van der Waals surface area contributed by atoms with Gasteiger partial charge in [-0.1, -0.05) is 36.4 Å². The summed E-state index contributed by atoms with van der Waals surface area (Å²) in [6.45, 7) is 4.60. The molecule has 0 aliphatic heterocycles. The second kappa shape index (κ2) is 20.9. The monoisotopic (exact) mass is 783 g/mol.